The number of nitrogens with zero attached hydrogens (tertiary/aromatic N) is 1. The van der Waals surface area contributed by atoms with Crippen LogP contribution in [-0.2, 0) is 16.0 Å². The molecule has 0 aliphatic carbocycles. The first kappa shape index (κ1) is 20.7. The maximum absolute atomic E-state index is 12.6. The van der Waals surface area contributed by atoms with Crippen LogP contribution in [0.4, 0.5) is 10.5 Å². The summed E-state index contributed by atoms with van der Waals surface area (Å²) in [4.78, 5) is 38.4. The molecule has 0 aromatic heterocycles. The predicted molar refractivity (Wildman–Crippen MR) is 115 cm³/mol. The molecule has 29 heavy (non-hydrogen) atoms. The Bertz CT molecular complexity index is 954. The van der Waals surface area contributed by atoms with Crippen LogP contribution in [-0.4, -0.2) is 35.1 Å². The number of amides is 3. The lowest BCUT2D eigenvalue weighted by molar-refractivity contribution is -0.127. The second kappa shape index (κ2) is 9.43. The van der Waals surface area contributed by atoms with Crippen molar-refractivity contribution in [1.29, 1.82) is 0 Å². The highest BCUT2D eigenvalue weighted by Gasteiger charge is 2.36. The fourth-order valence-electron chi connectivity index (χ4n) is 2.82. The zero-order valence-electron chi connectivity index (χ0n) is 16.3. The SMILES string of the molecule is CCOc1cccc(/C=C2\SC(=O)N(CC(=O)Nc3ccc(CC)cc3)C2=O)c1. The minimum absolute atomic E-state index is 0.281. The van der Waals surface area contributed by atoms with E-state index in [-0.39, 0.29) is 11.4 Å². The van der Waals surface area contributed by atoms with Gasteiger partial charge in [0.25, 0.3) is 11.1 Å². The Balaban J connectivity index is 1.66. The van der Waals surface area contributed by atoms with Gasteiger partial charge in [-0.05, 0) is 66.6 Å². The molecule has 0 spiro atoms. The number of ether oxygens (including phenoxy) is 1. The lowest BCUT2D eigenvalue weighted by Gasteiger charge is -2.12. The molecule has 0 unspecified atom stereocenters. The van der Waals surface area contributed by atoms with E-state index in [1.54, 1.807) is 24.3 Å². The third-order valence-electron chi connectivity index (χ3n) is 4.29. The fourth-order valence-corrected chi connectivity index (χ4v) is 3.65. The van der Waals surface area contributed by atoms with Gasteiger partial charge < -0.3 is 10.1 Å². The Morgan fingerprint density at radius 3 is 2.59 bits per heavy atom. The number of nitrogens with one attached hydrogen (secondary N) is 1. The van der Waals surface area contributed by atoms with Crippen molar-refractivity contribution in [2.24, 2.45) is 0 Å². The molecule has 0 saturated carbocycles. The number of hydrogen-bond acceptors (Lipinski definition) is 5. The summed E-state index contributed by atoms with van der Waals surface area (Å²) < 4.78 is 5.45. The Labute approximate surface area is 173 Å². The normalized spacial score (nSPS) is 15.1. The maximum Gasteiger partial charge on any atom is 0.294 e. The van der Waals surface area contributed by atoms with Crippen molar-refractivity contribution in [1.82, 2.24) is 4.90 Å². The van der Waals surface area contributed by atoms with E-state index in [1.165, 1.54) is 0 Å². The molecular formula is C22H22N2O4S. The molecule has 1 N–H and O–H groups in total. The third kappa shape index (κ3) is 5.26. The zero-order chi connectivity index (χ0) is 20.8. The lowest BCUT2D eigenvalue weighted by atomic mass is 10.1. The van der Waals surface area contributed by atoms with E-state index >= 15 is 0 Å². The van der Waals surface area contributed by atoms with Crippen molar-refractivity contribution in [3.8, 4) is 5.75 Å². The molecule has 0 atom stereocenters. The highest BCUT2D eigenvalue weighted by atomic mass is 32.2. The Morgan fingerprint density at radius 1 is 1.14 bits per heavy atom. The number of anilines is 1. The van der Waals surface area contributed by atoms with E-state index in [1.807, 2.05) is 44.2 Å². The van der Waals surface area contributed by atoms with Crippen LogP contribution in [0.25, 0.3) is 6.08 Å². The van der Waals surface area contributed by atoms with Crippen LogP contribution < -0.4 is 10.1 Å². The Morgan fingerprint density at radius 2 is 1.90 bits per heavy atom. The van der Waals surface area contributed by atoms with Gasteiger partial charge in [0.2, 0.25) is 5.91 Å². The van der Waals surface area contributed by atoms with Crippen molar-refractivity contribution < 1.29 is 19.1 Å². The molecule has 2 aromatic rings. The van der Waals surface area contributed by atoms with Gasteiger partial charge in [0, 0.05) is 5.69 Å². The lowest BCUT2D eigenvalue weighted by Crippen LogP contribution is -2.36. The summed E-state index contributed by atoms with van der Waals surface area (Å²) in [7, 11) is 0. The van der Waals surface area contributed by atoms with Gasteiger partial charge in [0.15, 0.2) is 0 Å². The summed E-state index contributed by atoms with van der Waals surface area (Å²) in [5.41, 5.74) is 2.54. The summed E-state index contributed by atoms with van der Waals surface area (Å²) in [6.45, 7) is 4.15. The van der Waals surface area contributed by atoms with Gasteiger partial charge in [-0.3, -0.25) is 19.3 Å². The van der Waals surface area contributed by atoms with Gasteiger partial charge in [-0.2, -0.15) is 0 Å². The number of benzene rings is 2. The highest BCUT2D eigenvalue weighted by Crippen LogP contribution is 2.32. The first-order valence-electron chi connectivity index (χ1n) is 9.37. The molecule has 1 aliphatic heterocycles. The molecule has 1 heterocycles. The van der Waals surface area contributed by atoms with E-state index in [9.17, 15) is 14.4 Å². The number of aryl methyl sites for hydroxylation is 1. The van der Waals surface area contributed by atoms with E-state index in [2.05, 4.69) is 5.32 Å². The van der Waals surface area contributed by atoms with Crippen LogP contribution in [0, 0.1) is 0 Å². The smallest absolute Gasteiger partial charge is 0.294 e. The molecule has 2 aromatic carbocycles. The standard InChI is InChI=1S/C22H22N2O4S/c1-3-15-8-10-17(11-9-15)23-20(25)14-24-21(26)19(29-22(24)27)13-16-6-5-7-18(12-16)28-4-2/h5-13H,3-4,14H2,1-2H3,(H,23,25)/b19-13-. The van der Waals surface area contributed by atoms with Crippen molar-refractivity contribution in [3.05, 3.63) is 64.6 Å². The van der Waals surface area contributed by atoms with Crippen molar-refractivity contribution in [2.45, 2.75) is 20.3 Å². The second-order valence-corrected chi connectivity index (χ2v) is 7.37. The van der Waals surface area contributed by atoms with Gasteiger partial charge in [-0.25, -0.2) is 0 Å². The summed E-state index contributed by atoms with van der Waals surface area (Å²) in [6.07, 6.45) is 2.54. The molecule has 6 nitrogen and oxygen atoms in total. The first-order valence-corrected chi connectivity index (χ1v) is 10.2. The van der Waals surface area contributed by atoms with Gasteiger partial charge in [0.1, 0.15) is 12.3 Å². The molecule has 0 radical (unpaired) electrons. The molecule has 150 valence electrons. The summed E-state index contributed by atoms with van der Waals surface area (Å²) >= 11 is 0.827. The zero-order valence-corrected chi connectivity index (χ0v) is 17.1. The average Bonchev–Trinajstić information content (AvgIpc) is 2.96. The monoisotopic (exact) mass is 410 g/mol. The number of imide groups is 1. The third-order valence-corrected chi connectivity index (χ3v) is 5.20. The quantitative estimate of drug-likeness (QED) is 0.688. The Kier molecular flexibility index (Phi) is 6.72. The van der Waals surface area contributed by atoms with E-state index < -0.39 is 17.1 Å². The molecule has 3 rings (SSSR count). The largest absolute Gasteiger partial charge is 0.494 e. The summed E-state index contributed by atoms with van der Waals surface area (Å²) in [5, 5.41) is 2.26. The van der Waals surface area contributed by atoms with Crippen molar-refractivity contribution in [3.63, 3.8) is 0 Å². The summed E-state index contributed by atoms with van der Waals surface area (Å²) in [6, 6.07) is 14.7. The number of carbonyl (C=O) groups excluding carboxylic acids is 3. The van der Waals surface area contributed by atoms with Crippen molar-refractivity contribution >= 4 is 40.6 Å². The number of hydrogen-bond donors (Lipinski definition) is 1. The molecule has 1 aliphatic rings. The fraction of sp³-hybridized carbons (Fsp3) is 0.227. The van der Waals surface area contributed by atoms with Crippen LogP contribution in [0.3, 0.4) is 0 Å². The minimum atomic E-state index is -0.474. The van der Waals surface area contributed by atoms with Crippen LogP contribution in [0.15, 0.2) is 53.4 Å². The van der Waals surface area contributed by atoms with E-state index in [0.717, 1.165) is 34.2 Å². The molecule has 1 fully saturated rings. The van der Waals surface area contributed by atoms with Gasteiger partial charge in [-0.1, -0.05) is 31.2 Å². The van der Waals surface area contributed by atoms with Crippen LogP contribution in [0.2, 0.25) is 0 Å². The molecular weight excluding hydrogens is 388 g/mol. The minimum Gasteiger partial charge on any atom is -0.494 e. The van der Waals surface area contributed by atoms with E-state index in [0.29, 0.717) is 18.0 Å². The van der Waals surface area contributed by atoms with E-state index in [4.69, 9.17) is 4.74 Å². The Hall–Kier alpha value is -3.06. The molecule has 7 heteroatoms. The van der Waals surface area contributed by atoms with Crippen LogP contribution >= 0.6 is 11.8 Å². The van der Waals surface area contributed by atoms with Crippen molar-refractivity contribution in [2.75, 3.05) is 18.5 Å². The molecule has 3 amide bonds. The number of carbonyl (C=O) groups is 3. The van der Waals surface area contributed by atoms with Gasteiger partial charge in [0.05, 0.1) is 11.5 Å². The summed E-state index contributed by atoms with van der Waals surface area (Å²) in [5.74, 6) is -0.205. The molecule has 0 bridgehead atoms. The predicted octanol–water partition coefficient (Wildman–Crippen LogP) is 4.32. The first-order chi connectivity index (χ1) is 14.0. The van der Waals surface area contributed by atoms with Crippen LogP contribution in [0.1, 0.15) is 25.0 Å². The average molecular weight is 410 g/mol. The second-order valence-electron chi connectivity index (χ2n) is 6.37. The molecule has 1 saturated heterocycles. The topological polar surface area (TPSA) is 75.7 Å². The van der Waals surface area contributed by atoms with Gasteiger partial charge in [-0.15, -0.1) is 0 Å². The maximum atomic E-state index is 12.6. The number of thioether (sulfide) groups is 1. The highest BCUT2D eigenvalue weighted by molar-refractivity contribution is 8.18. The number of rotatable bonds is 7. The van der Waals surface area contributed by atoms with Crippen LogP contribution in [0.5, 0.6) is 5.75 Å². The van der Waals surface area contributed by atoms with Gasteiger partial charge >= 0.3 is 0 Å².